The lowest BCUT2D eigenvalue weighted by Crippen LogP contribution is -2.50. The molecule has 1 aromatic carbocycles. The molecule has 0 radical (unpaired) electrons. The molecular formula is C27H33N7O4S. The van der Waals surface area contributed by atoms with Crippen molar-refractivity contribution in [3.63, 3.8) is 0 Å². The third-order valence-electron chi connectivity index (χ3n) is 7.62. The summed E-state index contributed by atoms with van der Waals surface area (Å²) in [4.78, 5) is 11.9. The number of hydrogen-bond acceptors (Lipinski definition) is 9. The molecule has 4 heterocycles. The van der Waals surface area contributed by atoms with Crippen LogP contribution >= 0.6 is 0 Å². The molecule has 3 aromatic heterocycles. The molecule has 12 heteroatoms. The summed E-state index contributed by atoms with van der Waals surface area (Å²) in [6, 6.07) is 9.33. The maximum absolute atomic E-state index is 13.5. The minimum Gasteiger partial charge on any atom is -0.477 e. The first-order chi connectivity index (χ1) is 18.8. The van der Waals surface area contributed by atoms with Crippen LogP contribution in [0.1, 0.15) is 37.1 Å². The lowest BCUT2D eigenvalue weighted by Gasteiger charge is -2.44. The second-order valence-electron chi connectivity index (χ2n) is 10.1. The van der Waals surface area contributed by atoms with Gasteiger partial charge in [-0.1, -0.05) is 17.7 Å². The molecule has 6 rings (SSSR count). The number of anilines is 2. The van der Waals surface area contributed by atoms with Gasteiger partial charge in [0.25, 0.3) is 10.0 Å². The quantitative estimate of drug-likeness (QED) is 0.350. The number of hydrogen-bond donors (Lipinski definition) is 1. The number of nitrogens with one attached hydrogen (secondary N) is 1. The van der Waals surface area contributed by atoms with Crippen LogP contribution in [-0.2, 0) is 14.8 Å². The van der Waals surface area contributed by atoms with E-state index in [1.807, 2.05) is 20.8 Å². The third-order valence-corrected chi connectivity index (χ3v) is 9.30. The van der Waals surface area contributed by atoms with Gasteiger partial charge in [0.1, 0.15) is 0 Å². The average Bonchev–Trinajstić information content (AvgIpc) is 3.49. The zero-order valence-electron chi connectivity index (χ0n) is 22.4. The first kappa shape index (κ1) is 25.8. The fraction of sp³-hybridized carbons (Fsp3) is 0.444. The SMILES string of the molecule is CCOc1nc(Nc2cnn(C3CC(N4CCOCC4)C3)c2C)nc2c1ccn2S(=O)(=O)c1ccc(C)cc1. The highest BCUT2D eigenvalue weighted by atomic mass is 32.2. The molecular weight excluding hydrogens is 518 g/mol. The summed E-state index contributed by atoms with van der Waals surface area (Å²) in [5, 5.41) is 8.43. The van der Waals surface area contributed by atoms with Crippen LogP contribution in [-0.4, -0.2) is 76.0 Å². The Bertz CT molecular complexity index is 1580. The molecule has 0 atom stereocenters. The van der Waals surface area contributed by atoms with Crippen molar-refractivity contribution in [3.05, 3.63) is 54.0 Å². The number of rotatable bonds is 8. The fourth-order valence-electron chi connectivity index (χ4n) is 5.32. The summed E-state index contributed by atoms with van der Waals surface area (Å²) in [6.45, 7) is 9.77. The molecule has 4 aromatic rings. The minimum absolute atomic E-state index is 0.185. The van der Waals surface area contributed by atoms with E-state index in [1.165, 1.54) is 10.2 Å². The van der Waals surface area contributed by atoms with Crippen molar-refractivity contribution >= 4 is 32.7 Å². The van der Waals surface area contributed by atoms with Crippen molar-refractivity contribution in [2.24, 2.45) is 0 Å². The molecule has 0 amide bonds. The molecule has 1 saturated heterocycles. The monoisotopic (exact) mass is 551 g/mol. The van der Waals surface area contributed by atoms with Gasteiger partial charge in [0.2, 0.25) is 11.8 Å². The number of ether oxygens (including phenoxy) is 2. The van der Waals surface area contributed by atoms with Crippen molar-refractivity contribution in [1.29, 1.82) is 0 Å². The summed E-state index contributed by atoms with van der Waals surface area (Å²) in [5.41, 5.74) is 2.97. The highest BCUT2D eigenvalue weighted by molar-refractivity contribution is 7.90. The van der Waals surface area contributed by atoms with E-state index in [4.69, 9.17) is 9.47 Å². The van der Waals surface area contributed by atoms with Crippen LogP contribution in [0.3, 0.4) is 0 Å². The van der Waals surface area contributed by atoms with Crippen molar-refractivity contribution in [2.75, 3.05) is 38.2 Å². The van der Waals surface area contributed by atoms with E-state index in [2.05, 4.69) is 30.0 Å². The Labute approximate surface area is 227 Å². The topological polar surface area (TPSA) is 116 Å². The van der Waals surface area contributed by atoms with E-state index in [0.29, 0.717) is 30.0 Å². The number of aryl methyl sites for hydroxylation is 1. The summed E-state index contributed by atoms with van der Waals surface area (Å²) < 4.78 is 41.5. The number of nitrogens with zero attached hydrogens (tertiary/aromatic N) is 6. The molecule has 39 heavy (non-hydrogen) atoms. The largest absolute Gasteiger partial charge is 0.477 e. The van der Waals surface area contributed by atoms with E-state index in [-0.39, 0.29) is 16.5 Å². The van der Waals surface area contributed by atoms with E-state index in [1.54, 1.807) is 36.5 Å². The molecule has 2 aliphatic rings. The molecule has 1 aliphatic carbocycles. The second-order valence-corrected chi connectivity index (χ2v) is 11.9. The van der Waals surface area contributed by atoms with Gasteiger partial charge in [0.05, 0.1) is 53.7 Å². The molecule has 1 saturated carbocycles. The molecule has 206 valence electrons. The number of fused-ring (bicyclic) bond motifs is 1. The predicted octanol–water partition coefficient (Wildman–Crippen LogP) is 3.66. The van der Waals surface area contributed by atoms with Gasteiger partial charge in [0.15, 0.2) is 5.65 Å². The number of morpholine rings is 1. The van der Waals surface area contributed by atoms with Gasteiger partial charge in [-0.15, -0.1) is 0 Å². The zero-order valence-corrected chi connectivity index (χ0v) is 23.2. The summed E-state index contributed by atoms with van der Waals surface area (Å²) >= 11 is 0. The Morgan fingerprint density at radius 1 is 1.05 bits per heavy atom. The van der Waals surface area contributed by atoms with E-state index >= 15 is 0 Å². The van der Waals surface area contributed by atoms with E-state index in [0.717, 1.165) is 56.1 Å². The summed E-state index contributed by atoms with van der Waals surface area (Å²) in [7, 11) is -3.87. The van der Waals surface area contributed by atoms with Gasteiger partial charge in [-0.2, -0.15) is 15.1 Å². The molecule has 0 bridgehead atoms. The Morgan fingerprint density at radius 2 is 1.79 bits per heavy atom. The second kappa shape index (κ2) is 10.2. The van der Waals surface area contributed by atoms with Crippen molar-refractivity contribution < 1.29 is 17.9 Å². The maximum atomic E-state index is 13.5. The van der Waals surface area contributed by atoms with Crippen molar-refractivity contribution in [3.8, 4) is 5.88 Å². The van der Waals surface area contributed by atoms with Gasteiger partial charge in [-0.25, -0.2) is 12.4 Å². The van der Waals surface area contributed by atoms with Crippen LogP contribution in [0.15, 0.2) is 47.6 Å². The molecule has 1 N–H and O–H groups in total. The Hall–Kier alpha value is -3.48. The normalized spacial score (nSPS) is 20.2. The number of aromatic nitrogens is 5. The van der Waals surface area contributed by atoms with Gasteiger partial charge in [0, 0.05) is 25.3 Å². The lowest BCUT2D eigenvalue weighted by atomic mass is 9.85. The van der Waals surface area contributed by atoms with Gasteiger partial charge in [-0.05, 0) is 51.8 Å². The van der Waals surface area contributed by atoms with Gasteiger partial charge < -0.3 is 14.8 Å². The molecule has 1 aliphatic heterocycles. The summed E-state index contributed by atoms with van der Waals surface area (Å²) in [5.74, 6) is 0.563. The van der Waals surface area contributed by atoms with E-state index in [9.17, 15) is 8.42 Å². The minimum atomic E-state index is -3.87. The molecule has 0 unspecified atom stereocenters. The van der Waals surface area contributed by atoms with Crippen LogP contribution < -0.4 is 10.1 Å². The zero-order chi connectivity index (χ0) is 27.1. The molecule has 11 nitrogen and oxygen atoms in total. The predicted molar refractivity (Wildman–Crippen MR) is 147 cm³/mol. The first-order valence-corrected chi connectivity index (χ1v) is 14.8. The van der Waals surface area contributed by atoms with Crippen molar-refractivity contribution in [1.82, 2.24) is 28.6 Å². The Kier molecular flexibility index (Phi) is 6.77. The summed E-state index contributed by atoms with van der Waals surface area (Å²) in [6.07, 6.45) is 5.38. The van der Waals surface area contributed by atoms with Gasteiger partial charge in [-0.3, -0.25) is 9.58 Å². The Balaban J connectivity index is 1.28. The van der Waals surface area contributed by atoms with Crippen LogP contribution in [0.25, 0.3) is 11.0 Å². The smallest absolute Gasteiger partial charge is 0.269 e. The fourth-order valence-corrected chi connectivity index (χ4v) is 6.61. The maximum Gasteiger partial charge on any atom is 0.269 e. The average molecular weight is 552 g/mol. The van der Waals surface area contributed by atoms with Gasteiger partial charge >= 0.3 is 0 Å². The highest BCUT2D eigenvalue weighted by Crippen LogP contribution is 2.38. The van der Waals surface area contributed by atoms with Crippen LogP contribution in [0.4, 0.5) is 11.6 Å². The van der Waals surface area contributed by atoms with Crippen LogP contribution in [0.5, 0.6) is 5.88 Å². The highest BCUT2D eigenvalue weighted by Gasteiger charge is 2.36. The standard InChI is InChI=1S/C27H33N7O4S/c1-4-38-26-23-9-10-33(39(35,36)22-7-5-18(2)6-8-22)25(23)30-27(31-26)29-24-17-28-34(19(24)3)21-15-20(16-21)32-11-13-37-14-12-32/h5-10,17,20-21H,4,11-16H2,1-3H3,(H,29,30,31). The molecule has 2 fully saturated rings. The lowest BCUT2D eigenvalue weighted by molar-refractivity contribution is -0.0165. The first-order valence-electron chi connectivity index (χ1n) is 13.3. The Morgan fingerprint density at radius 3 is 2.51 bits per heavy atom. The van der Waals surface area contributed by atoms with E-state index < -0.39 is 10.0 Å². The van der Waals surface area contributed by atoms with Crippen molar-refractivity contribution in [2.45, 2.75) is 50.6 Å². The third kappa shape index (κ3) is 4.77. The molecule has 0 spiro atoms. The van der Waals surface area contributed by atoms with Crippen LogP contribution in [0.2, 0.25) is 0 Å². The number of benzene rings is 1. The van der Waals surface area contributed by atoms with Crippen LogP contribution in [0, 0.1) is 13.8 Å².